The summed E-state index contributed by atoms with van der Waals surface area (Å²) < 4.78 is 5.27. The predicted octanol–water partition coefficient (Wildman–Crippen LogP) is 5.79. The van der Waals surface area contributed by atoms with Gasteiger partial charge in [0.2, 0.25) is 0 Å². The molecular formula is C24H24N2O4S2. The highest BCUT2D eigenvalue weighted by Crippen LogP contribution is 2.36. The molecule has 0 bridgehead atoms. The molecular weight excluding hydrogens is 444 g/mol. The van der Waals surface area contributed by atoms with Crippen LogP contribution in [-0.4, -0.2) is 24.2 Å². The lowest BCUT2D eigenvalue weighted by molar-refractivity contribution is -0.385. The third kappa shape index (κ3) is 4.52. The summed E-state index contributed by atoms with van der Waals surface area (Å²) in [5.41, 5.74) is 3.44. The zero-order chi connectivity index (χ0) is 22.7. The van der Waals surface area contributed by atoms with Gasteiger partial charge < -0.3 is 10.1 Å². The largest absolute Gasteiger partial charge is 0.495 e. The van der Waals surface area contributed by atoms with Gasteiger partial charge in [0.1, 0.15) is 11.3 Å². The normalized spacial score (nSPS) is 13.8. The zero-order valence-corrected chi connectivity index (χ0v) is 19.6. The number of nitro benzene ring substituents is 1. The van der Waals surface area contributed by atoms with E-state index in [4.69, 9.17) is 4.74 Å². The molecule has 2 aromatic carbocycles. The van der Waals surface area contributed by atoms with Crippen molar-refractivity contribution in [3.8, 4) is 5.75 Å². The molecule has 0 radical (unpaired) electrons. The summed E-state index contributed by atoms with van der Waals surface area (Å²) in [6.07, 6.45) is 6.34. The molecule has 1 heterocycles. The number of fused-ring (bicyclic) bond motifs is 1. The minimum absolute atomic E-state index is 0.0275. The molecule has 166 valence electrons. The average Bonchev–Trinajstić information content (AvgIpc) is 3.35. The number of amides is 1. The summed E-state index contributed by atoms with van der Waals surface area (Å²) in [5.74, 6) is -0.101. The zero-order valence-electron chi connectivity index (χ0n) is 17.9. The van der Waals surface area contributed by atoms with E-state index in [1.54, 1.807) is 11.3 Å². The summed E-state index contributed by atoms with van der Waals surface area (Å²) in [6.45, 7) is 0. The first-order valence-corrected chi connectivity index (χ1v) is 12.5. The molecule has 0 saturated heterocycles. The van der Waals surface area contributed by atoms with Crippen molar-refractivity contribution in [3.05, 3.63) is 85.1 Å². The summed E-state index contributed by atoms with van der Waals surface area (Å²) >= 11 is 2.93. The first-order valence-electron chi connectivity index (χ1n) is 10.4. The molecule has 1 aliphatic carbocycles. The summed E-state index contributed by atoms with van der Waals surface area (Å²) in [5, 5.41) is 16.7. The minimum Gasteiger partial charge on any atom is -0.495 e. The lowest BCUT2D eigenvalue weighted by atomic mass is 9.89. The highest BCUT2D eigenvalue weighted by Gasteiger charge is 2.27. The van der Waals surface area contributed by atoms with Crippen LogP contribution >= 0.6 is 23.1 Å². The fourth-order valence-electron chi connectivity index (χ4n) is 4.12. The van der Waals surface area contributed by atoms with Crippen molar-refractivity contribution in [1.29, 1.82) is 0 Å². The van der Waals surface area contributed by atoms with Crippen LogP contribution in [0.3, 0.4) is 0 Å². The first kappa shape index (κ1) is 22.4. The fourth-order valence-corrected chi connectivity index (χ4v) is 5.50. The summed E-state index contributed by atoms with van der Waals surface area (Å²) in [6, 6.07) is 12.8. The Morgan fingerprint density at radius 3 is 2.62 bits per heavy atom. The van der Waals surface area contributed by atoms with Crippen LogP contribution in [0.1, 0.15) is 50.8 Å². The number of thioether (sulfide) groups is 1. The van der Waals surface area contributed by atoms with Crippen LogP contribution in [0.5, 0.6) is 5.75 Å². The van der Waals surface area contributed by atoms with E-state index in [0.29, 0.717) is 10.6 Å². The highest BCUT2D eigenvalue weighted by molar-refractivity contribution is 7.98. The number of ether oxygens (including phenoxy) is 1. The molecule has 0 aliphatic heterocycles. The first-order chi connectivity index (χ1) is 15.5. The van der Waals surface area contributed by atoms with Crippen molar-refractivity contribution in [3.63, 3.8) is 0 Å². The van der Waals surface area contributed by atoms with E-state index in [-0.39, 0.29) is 17.3 Å². The number of hydrogen-bond donors (Lipinski definition) is 1. The molecule has 1 N–H and O–H groups in total. The lowest BCUT2D eigenvalue weighted by Crippen LogP contribution is -2.29. The molecule has 0 fully saturated rings. The molecule has 4 rings (SSSR count). The van der Waals surface area contributed by atoms with Gasteiger partial charge in [-0.1, -0.05) is 24.3 Å². The molecule has 8 heteroatoms. The Hall–Kier alpha value is -2.84. The second kappa shape index (κ2) is 9.75. The number of rotatable bonds is 7. The Bertz CT molecular complexity index is 1150. The van der Waals surface area contributed by atoms with E-state index in [0.717, 1.165) is 23.3 Å². The van der Waals surface area contributed by atoms with E-state index in [1.165, 1.54) is 55.0 Å². The molecule has 1 atom stereocenters. The third-order valence-corrected chi connectivity index (χ3v) is 7.45. The Labute approximate surface area is 195 Å². The Balaban J connectivity index is 1.72. The number of methoxy groups -OCH3 is 1. The second-order valence-electron chi connectivity index (χ2n) is 7.64. The van der Waals surface area contributed by atoms with Crippen LogP contribution in [-0.2, 0) is 12.8 Å². The number of hydrogen-bond acceptors (Lipinski definition) is 6. The van der Waals surface area contributed by atoms with Gasteiger partial charge in [-0.25, -0.2) is 0 Å². The number of nitro groups is 1. The Morgan fingerprint density at radius 2 is 1.97 bits per heavy atom. The standard InChI is InChI=1S/C24H24N2O4S2/c1-30-20-14-19(26(28)29)18(13-22(20)31-2)24(27)25-23(21-8-5-11-32-21)17-10-9-15-6-3-4-7-16(15)12-17/h5,8-14,23H,3-4,6-7H2,1-2H3,(H,25,27). The van der Waals surface area contributed by atoms with Gasteiger partial charge in [0, 0.05) is 4.88 Å². The Kier molecular flexibility index (Phi) is 6.81. The molecule has 1 aromatic heterocycles. The van der Waals surface area contributed by atoms with Crippen LogP contribution in [0.2, 0.25) is 0 Å². The highest BCUT2D eigenvalue weighted by atomic mass is 32.2. The van der Waals surface area contributed by atoms with E-state index in [2.05, 4.69) is 23.5 Å². The fraction of sp³-hybridized carbons (Fsp3) is 0.292. The Morgan fingerprint density at radius 1 is 1.19 bits per heavy atom. The van der Waals surface area contributed by atoms with Gasteiger partial charge in [0.15, 0.2) is 0 Å². The van der Waals surface area contributed by atoms with Crippen molar-refractivity contribution in [2.75, 3.05) is 13.4 Å². The van der Waals surface area contributed by atoms with Gasteiger partial charge >= 0.3 is 0 Å². The van der Waals surface area contributed by atoms with Crippen LogP contribution in [0.15, 0.2) is 52.7 Å². The average molecular weight is 469 g/mol. The SMILES string of the molecule is COc1cc([N+](=O)[O-])c(C(=O)NC(c2ccc3c(c2)CCCC3)c2cccs2)cc1SC. The number of nitrogens with zero attached hydrogens (tertiary/aromatic N) is 1. The van der Waals surface area contributed by atoms with Crippen molar-refractivity contribution in [1.82, 2.24) is 5.32 Å². The molecule has 1 unspecified atom stereocenters. The van der Waals surface area contributed by atoms with E-state index in [1.807, 2.05) is 23.8 Å². The van der Waals surface area contributed by atoms with Crippen LogP contribution in [0.25, 0.3) is 0 Å². The molecule has 1 aliphatic rings. The number of carbonyl (C=O) groups excluding carboxylic acids is 1. The van der Waals surface area contributed by atoms with Gasteiger partial charge in [-0.2, -0.15) is 0 Å². The summed E-state index contributed by atoms with van der Waals surface area (Å²) in [7, 11) is 1.46. The van der Waals surface area contributed by atoms with Gasteiger partial charge in [-0.3, -0.25) is 14.9 Å². The number of aryl methyl sites for hydroxylation is 2. The number of nitrogens with one attached hydrogen (secondary N) is 1. The van der Waals surface area contributed by atoms with Crippen LogP contribution in [0, 0.1) is 10.1 Å². The van der Waals surface area contributed by atoms with Crippen LogP contribution < -0.4 is 10.1 Å². The molecule has 32 heavy (non-hydrogen) atoms. The van der Waals surface area contributed by atoms with Gasteiger partial charge in [-0.15, -0.1) is 23.1 Å². The van der Waals surface area contributed by atoms with Gasteiger partial charge in [-0.05, 0) is 66.1 Å². The monoisotopic (exact) mass is 468 g/mol. The third-order valence-electron chi connectivity index (χ3n) is 5.75. The number of thiophene rings is 1. The van der Waals surface area contributed by atoms with Crippen molar-refractivity contribution in [2.45, 2.75) is 36.6 Å². The van der Waals surface area contributed by atoms with E-state index in [9.17, 15) is 14.9 Å². The van der Waals surface area contributed by atoms with Crippen molar-refractivity contribution >= 4 is 34.7 Å². The molecule has 3 aromatic rings. The predicted molar refractivity (Wildman–Crippen MR) is 128 cm³/mol. The van der Waals surface area contributed by atoms with E-state index < -0.39 is 10.8 Å². The molecule has 6 nitrogen and oxygen atoms in total. The minimum atomic E-state index is -0.541. The maximum Gasteiger partial charge on any atom is 0.285 e. The van der Waals surface area contributed by atoms with Gasteiger partial charge in [0.05, 0.1) is 29.0 Å². The topological polar surface area (TPSA) is 81.5 Å². The van der Waals surface area contributed by atoms with E-state index >= 15 is 0 Å². The maximum atomic E-state index is 13.3. The van der Waals surface area contributed by atoms with Crippen LogP contribution in [0.4, 0.5) is 5.69 Å². The van der Waals surface area contributed by atoms with Gasteiger partial charge in [0.25, 0.3) is 11.6 Å². The van der Waals surface area contributed by atoms with Crippen molar-refractivity contribution in [2.24, 2.45) is 0 Å². The molecule has 1 amide bonds. The number of benzene rings is 2. The second-order valence-corrected chi connectivity index (χ2v) is 9.47. The smallest absolute Gasteiger partial charge is 0.285 e. The lowest BCUT2D eigenvalue weighted by Gasteiger charge is -2.22. The van der Waals surface area contributed by atoms with Crippen molar-refractivity contribution < 1.29 is 14.5 Å². The quantitative estimate of drug-likeness (QED) is 0.270. The summed E-state index contributed by atoms with van der Waals surface area (Å²) in [4.78, 5) is 26.2. The molecule has 0 saturated carbocycles. The molecule has 0 spiro atoms. The number of carbonyl (C=O) groups is 1. The maximum absolute atomic E-state index is 13.3.